The van der Waals surface area contributed by atoms with E-state index >= 15 is 0 Å². The number of nitrogen functional groups attached to an aromatic ring is 1. The number of aromatic nitrogens is 7. The molecule has 32 heavy (non-hydrogen) atoms. The number of nitrogens with zero attached hydrogens (tertiary/aromatic N) is 7. The smallest absolute Gasteiger partial charge is 0.186 e. The minimum Gasteiger partial charge on any atom is -0.383 e. The summed E-state index contributed by atoms with van der Waals surface area (Å²) in [5.41, 5.74) is 8.44. The molecule has 1 aliphatic heterocycles. The third kappa shape index (κ3) is 3.91. The highest BCUT2D eigenvalue weighted by molar-refractivity contribution is 6.31. The summed E-state index contributed by atoms with van der Waals surface area (Å²) < 4.78 is 18.1. The van der Waals surface area contributed by atoms with E-state index in [2.05, 4.69) is 30.9 Å². The number of pyridine rings is 1. The maximum absolute atomic E-state index is 14.7. The van der Waals surface area contributed by atoms with Crippen molar-refractivity contribution < 1.29 is 4.39 Å². The lowest BCUT2D eigenvalue weighted by molar-refractivity contribution is 0.413. The minimum atomic E-state index is -0.729. The molecule has 166 valence electrons. The summed E-state index contributed by atoms with van der Waals surface area (Å²) in [7, 11) is 0. The van der Waals surface area contributed by atoms with Gasteiger partial charge in [-0.1, -0.05) is 17.7 Å². The van der Waals surface area contributed by atoms with Crippen LogP contribution in [0.15, 0.2) is 47.7 Å². The molecule has 1 saturated heterocycles. The predicted octanol–water partition coefficient (Wildman–Crippen LogP) is 3.42. The number of rotatable bonds is 4. The van der Waals surface area contributed by atoms with Crippen molar-refractivity contribution in [2.45, 2.75) is 37.8 Å². The van der Waals surface area contributed by atoms with Gasteiger partial charge in [-0.3, -0.25) is 4.68 Å². The van der Waals surface area contributed by atoms with E-state index in [1.165, 1.54) is 10.8 Å². The average Bonchev–Trinajstić information content (AvgIpc) is 3.40. The zero-order valence-corrected chi connectivity index (χ0v) is 18.1. The fourth-order valence-corrected chi connectivity index (χ4v) is 4.41. The molecule has 3 aromatic rings. The first-order valence-electron chi connectivity index (χ1n) is 10.6. The van der Waals surface area contributed by atoms with Crippen LogP contribution in [0, 0.1) is 0 Å². The fraction of sp³-hybridized carbons (Fsp3) is 0.381. The molecule has 2 aliphatic rings. The first kappa shape index (κ1) is 20.8. The van der Waals surface area contributed by atoms with Crippen LogP contribution in [-0.4, -0.2) is 48.1 Å². The van der Waals surface area contributed by atoms with E-state index in [1.54, 1.807) is 12.3 Å². The Balaban J connectivity index is 1.48. The third-order valence-electron chi connectivity index (χ3n) is 5.95. The Hall–Kier alpha value is -3.11. The number of hydrogen-bond donors (Lipinski definition) is 2. The molecule has 11 heteroatoms. The topological polar surface area (TPSA) is 112 Å². The molecule has 0 aromatic carbocycles. The molecule has 4 heterocycles. The van der Waals surface area contributed by atoms with E-state index in [4.69, 9.17) is 17.3 Å². The predicted molar refractivity (Wildman–Crippen MR) is 119 cm³/mol. The number of allylic oxidation sites excluding steroid dienone is 4. The largest absolute Gasteiger partial charge is 0.383 e. The first-order chi connectivity index (χ1) is 15.6. The van der Waals surface area contributed by atoms with Crippen LogP contribution in [0.25, 0.3) is 22.5 Å². The molecule has 0 amide bonds. The Morgan fingerprint density at radius 3 is 3.00 bits per heavy atom. The Morgan fingerprint density at radius 1 is 1.19 bits per heavy atom. The van der Waals surface area contributed by atoms with Gasteiger partial charge in [0.05, 0.1) is 22.8 Å². The van der Waals surface area contributed by atoms with E-state index in [0.717, 1.165) is 43.5 Å². The van der Waals surface area contributed by atoms with Gasteiger partial charge in [-0.05, 0) is 61.3 Å². The molecule has 1 fully saturated rings. The molecule has 1 aliphatic carbocycles. The molecule has 0 spiro atoms. The highest BCUT2D eigenvalue weighted by atomic mass is 35.5. The van der Waals surface area contributed by atoms with Crippen molar-refractivity contribution in [2.75, 3.05) is 18.8 Å². The van der Waals surface area contributed by atoms with Crippen molar-refractivity contribution in [1.82, 2.24) is 40.3 Å². The first-order valence-corrected chi connectivity index (χ1v) is 11.0. The second-order valence-corrected chi connectivity index (χ2v) is 8.40. The second kappa shape index (κ2) is 8.79. The molecular formula is C21H23ClFN9. The summed E-state index contributed by atoms with van der Waals surface area (Å²) in [6.45, 7) is 2.03. The summed E-state index contributed by atoms with van der Waals surface area (Å²) in [6, 6.07) is 1.50. The summed E-state index contributed by atoms with van der Waals surface area (Å²) in [4.78, 5) is 4.34. The molecule has 3 N–H and O–H groups in total. The molecule has 9 nitrogen and oxygen atoms in total. The van der Waals surface area contributed by atoms with Crippen LogP contribution in [-0.2, 0) is 0 Å². The third-order valence-corrected chi connectivity index (χ3v) is 6.25. The molecule has 2 atom stereocenters. The summed E-state index contributed by atoms with van der Waals surface area (Å²) in [6.07, 6.45) is 12.5. The Morgan fingerprint density at radius 2 is 2.09 bits per heavy atom. The maximum Gasteiger partial charge on any atom is 0.186 e. The van der Waals surface area contributed by atoms with Gasteiger partial charge in [0, 0.05) is 23.5 Å². The van der Waals surface area contributed by atoms with E-state index in [-0.39, 0.29) is 10.9 Å². The molecule has 0 saturated carbocycles. The Kier molecular flexibility index (Phi) is 5.71. The van der Waals surface area contributed by atoms with Crippen molar-refractivity contribution in [3.63, 3.8) is 0 Å². The van der Waals surface area contributed by atoms with Crippen molar-refractivity contribution in [3.8, 4) is 22.5 Å². The zero-order valence-electron chi connectivity index (χ0n) is 17.3. The standard InChI is InChI=1S/C21H23ClFN9/c22-17-4-1-5-18(19(17)23)32-21(28-29-30-32)16-9-13(10-26-20(16)24)14-11-27-31(12-14)15-3-2-7-25-8-6-15/h1,4,9-12,15,18,25H,2-3,5-8H2,(H2,24,26). The van der Waals surface area contributed by atoms with Gasteiger partial charge in [0.15, 0.2) is 5.82 Å². The van der Waals surface area contributed by atoms with E-state index in [0.29, 0.717) is 23.9 Å². The fourth-order valence-electron chi connectivity index (χ4n) is 4.20. The lowest BCUT2D eigenvalue weighted by Gasteiger charge is -2.19. The lowest BCUT2D eigenvalue weighted by atomic mass is 10.1. The van der Waals surface area contributed by atoms with E-state index < -0.39 is 11.9 Å². The Bertz CT molecular complexity index is 1170. The normalized spacial score (nSPS) is 21.7. The van der Waals surface area contributed by atoms with Gasteiger partial charge in [0.1, 0.15) is 17.7 Å². The SMILES string of the molecule is Nc1ncc(-c2cnn(C3CCCNCC3)c2)cc1-c1nnnn1C1CC=CC(Cl)=C1F. The molecule has 0 bridgehead atoms. The lowest BCUT2D eigenvalue weighted by Crippen LogP contribution is -2.15. The van der Waals surface area contributed by atoms with Crippen LogP contribution >= 0.6 is 11.6 Å². The Labute approximate surface area is 189 Å². The van der Waals surface area contributed by atoms with Crippen LogP contribution in [0.3, 0.4) is 0 Å². The maximum atomic E-state index is 14.7. The van der Waals surface area contributed by atoms with E-state index in [9.17, 15) is 4.39 Å². The van der Waals surface area contributed by atoms with Gasteiger partial charge in [-0.25, -0.2) is 14.1 Å². The van der Waals surface area contributed by atoms with E-state index in [1.807, 2.05) is 23.1 Å². The number of nitrogens with one attached hydrogen (secondary N) is 1. The van der Waals surface area contributed by atoms with Crippen LogP contribution in [0.5, 0.6) is 0 Å². The number of tetrazole rings is 1. The summed E-state index contributed by atoms with van der Waals surface area (Å²) in [5, 5.41) is 19.9. The molecule has 2 unspecified atom stereocenters. The number of halogens is 2. The van der Waals surface area contributed by atoms with Crippen LogP contribution in [0.1, 0.15) is 37.8 Å². The quantitative estimate of drug-likeness (QED) is 0.619. The van der Waals surface area contributed by atoms with Crippen molar-refractivity contribution in [1.29, 1.82) is 0 Å². The van der Waals surface area contributed by atoms with Gasteiger partial charge >= 0.3 is 0 Å². The molecule has 0 radical (unpaired) electrons. The molecule has 3 aromatic heterocycles. The number of anilines is 1. The van der Waals surface area contributed by atoms with Crippen LogP contribution in [0.2, 0.25) is 0 Å². The zero-order chi connectivity index (χ0) is 22.1. The van der Waals surface area contributed by atoms with Crippen molar-refractivity contribution in [3.05, 3.63) is 47.7 Å². The molecular weight excluding hydrogens is 433 g/mol. The van der Waals surface area contributed by atoms with Gasteiger partial charge in [-0.15, -0.1) is 5.10 Å². The summed E-state index contributed by atoms with van der Waals surface area (Å²) in [5.74, 6) is 0.109. The monoisotopic (exact) mass is 455 g/mol. The minimum absolute atomic E-state index is 0.0451. The van der Waals surface area contributed by atoms with Gasteiger partial charge < -0.3 is 11.1 Å². The van der Waals surface area contributed by atoms with Gasteiger partial charge in [0.2, 0.25) is 0 Å². The van der Waals surface area contributed by atoms with Crippen LogP contribution in [0.4, 0.5) is 10.2 Å². The van der Waals surface area contributed by atoms with Crippen LogP contribution < -0.4 is 11.1 Å². The van der Waals surface area contributed by atoms with Gasteiger partial charge in [0.25, 0.3) is 0 Å². The van der Waals surface area contributed by atoms with Gasteiger partial charge in [-0.2, -0.15) is 5.10 Å². The van der Waals surface area contributed by atoms with Crippen molar-refractivity contribution >= 4 is 17.4 Å². The number of hydrogen-bond acceptors (Lipinski definition) is 7. The molecule has 5 rings (SSSR count). The average molecular weight is 456 g/mol. The van der Waals surface area contributed by atoms with Crippen molar-refractivity contribution in [2.24, 2.45) is 0 Å². The summed E-state index contributed by atoms with van der Waals surface area (Å²) >= 11 is 5.98. The highest BCUT2D eigenvalue weighted by Crippen LogP contribution is 2.36. The number of nitrogens with two attached hydrogens (primary N) is 1. The highest BCUT2D eigenvalue weighted by Gasteiger charge is 2.27. The second-order valence-electron chi connectivity index (χ2n) is 8.00.